The summed E-state index contributed by atoms with van der Waals surface area (Å²) in [6.45, 7) is 0. The summed E-state index contributed by atoms with van der Waals surface area (Å²) < 4.78 is 12.9. The number of halogens is 3. The predicted octanol–water partition coefficient (Wildman–Crippen LogP) is 4.38. The SMILES string of the molecule is Nc1ccc(Cl)cc1-c1ccc(F)cc1Cl. The molecule has 2 aromatic rings. The standard InChI is InChI=1S/C12H8Cl2FN/c13-7-1-4-12(16)10(5-7)9-3-2-8(15)6-11(9)14/h1-6H,16H2. The molecule has 0 heterocycles. The zero-order valence-electron chi connectivity index (χ0n) is 8.18. The van der Waals surface area contributed by atoms with E-state index in [1.54, 1.807) is 24.3 Å². The van der Waals surface area contributed by atoms with Gasteiger partial charge in [0.05, 0.1) is 5.02 Å². The van der Waals surface area contributed by atoms with Crippen molar-refractivity contribution in [1.82, 2.24) is 0 Å². The second-order valence-electron chi connectivity index (χ2n) is 3.36. The Kier molecular flexibility index (Phi) is 3.03. The van der Waals surface area contributed by atoms with Crippen LogP contribution in [0.4, 0.5) is 10.1 Å². The maximum absolute atomic E-state index is 12.9. The predicted molar refractivity (Wildman–Crippen MR) is 66.3 cm³/mol. The molecule has 2 N–H and O–H groups in total. The van der Waals surface area contributed by atoms with E-state index in [1.165, 1.54) is 12.1 Å². The smallest absolute Gasteiger partial charge is 0.124 e. The molecule has 0 aliphatic heterocycles. The molecule has 0 spiro atoms. The molecule has 0 bridgehead atoms. The Balaban J connectivity index is 2.62. The van der Waals surface area contributed by atoms with Crippen molar-refractivity contribution in [2.24, 2.45) is 0 Å². The Hall–Kier alpha value is -1.25. The zero-order chi connectivity index (χ0) is 11.7. The number of nitrogens with two attached hydrogens (primary N) is 1. The first-order chi connectivity index (χ1) is 7.58. The Bertz CT molecular complexity index is 541. The molecule has 0 saturated heterocycles. The summed E-state index contributed by atoms with van der Waals surface area (Å²) in [6.07, 6.45) is 0. The van der Waals surface area contributed by atoms with E-state index in [4.69, 9.17) is 28.9 Å². The first-order valence-corrected chi connectivity index (χ1v) is 5.34. The second-order valence-corrected chi connectivity index (χ2v) is 4.20. The molecule has 82 valence electrons. The van der Waals surface area contributed by atoms with Gasteiger partial charge in [0.2, 0.25) is 0 Å². The first-order valence-electron chi connectivity index (χ1n) is 4.58. The highest BCUT2D eigenvalue weighted by Crippen LogP contribution is 2.34. The minimum absolute atomic E-state index is 0.314. The summed E-state index contributed by atoms with van der Waals surface area (Å²) >= 11 is 11.8. The number of hydrogen-bond donors (Lipinski definition) is 1. The number of anilines is 1. The molecule has 2 rings (SSSR count). The average Bonchev–Trinajstić information content (AvgIpc) is 2.22. The lowest BCUT2D eigenvalue weighted by molar-refractivity contribution is 0.628. The molecule has 0 aliphatic carbocycles. The maximum atomic E-state index is 12.9. The molecule has 1 nitrogen and oxygen atoms in total. The van der Waals surface area contributed by atoms with Crippen molar-refractivity contribution in [2.75, 3.05) is 5.73 Å². The molecule has 0 saturated carbocycles. The van der Waals surface area contributed by atoms with Crippen molar-refractivity contribution in [3.8, 4) is 11.1 Å². The van der Waals surface area contributed by atoms with E-state index in [-0.39, 0.29) is 5.82 Å². The van der Waals surface area contributed by atoms with Crippen LogP contribution < -0.4 is 5.73 Å². The third-order valence-corrected chi connectivity index (χ3v) is 2.78. The number of nitrogen functional groups attached to an aromatic ring is 1. The van der Waals surface area contributed by atoms with E-state index in [1.807, 2.05) is 0 Å². The lowest BCUT2D eigenvalue weighted by Gasteiger charge is -2.08. The van der Waals surface area contributed by atoms with Gasteiger partial charge in [-0.05, 0) is 36.4 Å². The third kappa shape index (κ3) is 2.13. The monoisotopic (exact) mass is 255 g/mol. The normalized spacial score (nSPS) is 10.4. The molecule has 0 aliphatic rings. The lowest BCUT2D eigenvalue weighted by Crippen LogP contribution is -1.90. The fourth-order valence-corrected chi connectivity index (χ4v) is 1.91. The first kappa shape index (κ1) is 11.2. The van der Waals surface area contributed by atoms with E-state index in [0.717, 1.165) is 0 Å². The summed E-state index contributed by atoms with van der Waals surface area (Å²) in [5, 5.41) is 0.874. The molecular weight excluding hydrogens is 248 g/mol. The topological polar surface area (TPSA) is 26.0 Å². The van der Waals surface area contributed by atoms with Gasteiger partial charge in [0.25, 0.3) is 0 Å². The van der Waals surface area contributed by atoms with Gasteiger partial charge in [-0.2, -0.15) is 0 Å². The minimum atomic E-state index is -0.380. The average molecular weight is 256 g/mol. The largest absolute Gasteiger partial charge is 0.398 e. The quantitative estimate of drug-likeness (QED) is 0.752. The molecule has 0 atom stereocenters. The van der Waals surface area contributed by atoms with Crippen molar-refractivity contribution in [2.45, 2.75) is 0 Å². The minimum Gasteiger partial charge on any atom is -0.398 e. The maximum Gasteiger partial charge on any atom is 0.124 e. The van der Waals surface area contributed by atoms with Crippen LogP contribution in [0, 0.1) is 5.82 Å². The van der Waals surface area contributed by atoms with Crippen molar-refractivity contribution < 1.29 is 4.39 Å². The number of benzene rings is 2. The van der Waals surface area contributed by atoms with Crippen LogP contribution in [0.1, 0.15) is 0 Å². The van der Waals surface area contributed by atoms with E-state index < -0.39 is 0 Å². The van der Waals surface area contributed by atoms with E-state index >= 15 is 0 Å². The molecule has 16 heavy (non-hydrogen) atoms. The number of rotatable bonds is 1. The fourth-order valence-electron chi connectivity index (χ4n) is 1.47. The van der Waals surface area contributed by atoms with Gasteiger partial charge >= 0.3 is 0 Å². The van der Waals surface area contributed by atoms with E-state index in [2.05, 4.69) is 0 Å². The summed E-state index contributed by atoms with van der Waals surface area (Å²) in [5.74, 6) is -0.380. The molecule has 0 radical (unpaired) electrons. The van der Waals surface area contributed by atoms with Gasteiger partial charge in [-0.1, -0.05) is 23.2 Å². The van der Waals surface area contributed by atoms with Crippen molar-refractivity contribution in [1.29, 1.82) is 0 Å². The van der Waals surface area contributed by atoms with Crippen LogP contribution >= 0.6 is 23.2 Å². The fraction of sp³-hybridized carbons (Fsp3) is 0. The molecule has 0 fully saturated rings. The van der Waals surface area contributed by atoms with Crippen molar-refractivity contribution in [3.05, 3.63) is 52.3 Å². The van der Waals surface area contributed by atoms with Gasteiger partial charge in [-0.3, -0.25) is 0 Å². The molecule has 4 heteroatoms. The highest BCUT2D eigenvalue weighted by Gasteiger charge is 2.08. The molecule has 0 aromatic heterocycles. The summed E-state index contributed by atoms with van der Waals surface area (Å²) in [7, 11) is 0. The molecular formula is C12H8Cl2FN. The van der Waals surface area contributed by atoms with Gasteiger partial charge in [-0.15, -0.1) is 0 Å². The summed E-state index contributed by atoms with van der Waals surface area (Å²) in [6, 6.07) is 9.25. The van der Waals surface area contributed by atoms with Gasteiger partial charge in [0, 0.05) is 21.8 Å². The molecule has 0 unspecified atom stereocenters. The third-order valence-electron chi connectivity index (χ3n) is 2.24. The Morgan fingerprint density at radius 1 is 0.938 bits per heavy atom. The number of hydrogen-bond acceptors (Lipinski definition) is 1. The van der Waals surface area contributed by atoms with Gasteiger partial charge in [0.1, 0.15) is 5.82 Å². The zero-order valence-corrected chi connectivity index (χ0v) is 9.69. The van der Waals surface area contributed by atoms with Crippen molar-refractivity contribution in [3.63, 3.8) is 0 Å². The van der Waals surface area contributed by atoms with Crippen LogP contribution in [0.5, 0.6) is 0 Å². The highest BCUT2D eigenvalue weighted by molar-refractivity contribution is 6.34. The van der Waals surface area contributed by atoms with E-state index in [0.29, 0.717) is 26.9 Å². The van der Waals surface area contributed by atoms with Gasteiger partial charge in [0.15, 0.2) is 0 Å². The van der Waals surface area contributed by atoms with Crippen LogP contribution in [-0.4, -0.2) is 0 Å². The van der Waals surface area contributed by atoms with Crippen LogP contribution in [0.3, 0.4) is 0 Å². The molecule has 2 aromatic carbocycles. The molecule has 0 amide bonds. The summed E-state index contributed by atoms with van der Waals surface area (Å²) in [5.41, 5.74) is 7.75. The van der Waals surface area contributed by atoms with Gasteiger partial charge < -0.3 is 5.73 Å². The van der Waals surface area contributed by atoms with Crippen LogP contribution in [-0.2, 0) is 0 Å². The lowest BCUT2D eigenvalue weighted by atomic mass is 10.0. The second kappa shape index (κ2) is 4.32. The Labute approximate surface area is 103 Å². The van der Waals surface area contributed by atoms with Crippen LogP contribution in [0.2, 0.25) is 10.0 Å². The van der Waals surface area contributed by atoms with Crippen molar-refractivity contribution >= 4 is 28.9 Å². The van der Waals surface area contributed by atoms with E-state index in [9.17, 15) is 4.39 Å². The summed E-state index contributed by atoms with van der Waals surface area (Å²) in [4.78, 5) is 0. The van der Waals surface area contributed by atoms with Gasteiger partial charge in [-0.25, -0.2) is 4.39 Å². The van der Waals surface area contributed by atoms with Crippen LogP contribution in [0.15, 0.2) is 36.4 Å². The van der Waals surface area contributed by atoms with Crippen LogP contribution in [0.25, 0.3) is 11.1 Å². The highest BCUT2D eigenvalue weighted by atomic mass is 35.5. The Morgan fingerprint density at radius 2 is 1.69 bits per heavy atom. The Morgan fingerprint density at radius 3 is 2.38 bits per heavy atom.